The Morgan fingerprint density at radius 3 is 3.06 bits per heavy atom. The van der Waals surface area contributed by atoms with Gasteiger partial charge in [-0.1, -0.05) is 6.07 Å². The van der Waals surface area contributed by atoms with E-state index in [2.05, 4.69) is 15.5 Å². The van der Waals surface area contributed by atoms with Crippen molar-refractivity contribution in [1.82, 2.24) is 10.2 Å². The number of hydrogen-bond acceptors (Lipinski definition) is 4. The fourth-order valence-corrected chi connectivity index (χ4v) is 1.55. The normalized spacial score (nSPS) is 10.2. The van der Waals surface area contributed by atoms with Crippen molar-refractivity contribution in [3.63, 3.8) is 0 Å². The van der Waals surface area contributed by atoms with Gasteiger partial charge in [0.15, 0.2) is 0 Å². The predicted octanol–water partition coefficient (Wildman–Crippen LogP) is 2.00. The Labute approximate surface area is 100.0 Å². The van der Waals surface area contributed by atoms with E-state index in [9.17, 15) is 0 Å². The Morgan fingerprint density at radius 2 is 2.35 bits per heavy atom. The van der Waals surface area contributed by atoms with E-state index < -0.39 is 0 Å². The van der Waals surface area contributed by atoms with Gasteiger partial charge < -0.3 is 15.8 Å². The number of rotatable bonds is 5. The monoisotopic (exact) mass is 232 g/mol. The van der Waals surface area contributed by atoms with Crippen molar-refractivity contribution in [1.29, 1.82) is 0 Å². The number of H-pyrrole nitrogens is 1. The van der Waals surface area contributed by atoms with Gasteiger partial charge in [0, 0.05) is 18.3 Å². The van der Waals surface area contributed by atoms with Crippen LogP contribution in [0.2, 0.25) is 0 Å². The van der Waals surface area contributed by atoms with E-state index in [1.165, 1.54) is 0 Å². The minimum Gasteiger partial charge on any atom is -0.492 e. The third-order valence-electron chi connectivity index (χ3n) is 2.40. The largest absolute Gasteiger partial charge is 0.492 e. The second kappa shape index (κ2) is 5.25. The summed E-state index contributed by atoms with van der Waals surface area (Å²) in [6.45, 7) is 3.22. The van der Waals surface area contributed by atoms with E-state index in [4.69, 9.17) is 10.5 Å². The molecule has 0 aliphatic heterocycles. The zero-order valence-electron chi connectivity index (χ0n) is 9.73. The summed E-state index contributed by atoms with van der Waals surface area (Å²) in [6, 6.07) is 5.71. The van der Waals surface area contributed by atoms with Gasteiger partial charge in [0.05, 0.1) is 24.2 Å². The molecule has 4 N–H and O–H groups in total. The van der Waals surface area contributed by atoms with Crippen LogP contribution in [0.3, 0.4) is 0 Å². The molecule has 5 nitrogen and oxygen atoms in total. The van der Waals surface area contributed by atoms with Gasteiger partial charge in [0.1, 0.15) is 5.75 Å². The third kappa shape index (κ3) is 2.69. The molecule has 2 aromatic rings. The Bertz CT molecular complexity index is 467. The molecule has 0 radical (unpaired) electrons. The van der Waals surface area contributed by atoms with Crippen LogP contribution in [0, 0.1) is 0 Å². The third-order valence-corrected chi connectivity index (χ3v) is 2.40. The Morgan fingerprint density at radius 1 is 1.47 bits per heavy atom. The molecule has 2 rings (SSSR count). The molecule has 0 amide bonds. The smallest absolute Gasteiger partial charge is 0.144 e. The molecule has 0 spiro atoms. The van der Waals surface area contributed by atoms with E-state index in [0.29, 0.717) is 24.6 Å². The highest BCUT2D eigenvalue weighted by atomic mass is 16.5. The van der Waals surface area contributed by atoms with Gasteiger partial charge in [-0.15, -0.1) is 0 Å². The Hall–Kier alpha value is -2.17. The van der Waals surface area contributed by atoms with Crippen molar-refractivity contribution >= 4 is 11.4 Å². The minimum absolute atomic E-state index is 0.607. The number of hydrogen-bond donors (Lipinski definition) is 3. The summed E-state index contributed by atoms with van der Waals surface area (Å²) in [7, 11) is 0. The molecule has 1 aromatic carbocycles. The molecular weight excluding hydrogens is 216 g/mol. The van der Waals surface area contributed by atoms with E-state index in [1.807, 2.05) is 31.3 Å². The van der Waals surface area contributed by atoms with Crippen LogP contribution in [0.15, 0.2) is 30.6 Å². The quantitative estimate of drug-likeness (QED) is 0.689. The maximum atomic E-state index is 6.00. The van der Waals surface area contributed by atoms with E-state index >= 15 is 0 Å². The number of para-hydroxylation sites is 1. The lowest BCUT2D eigenvalue weighted by Gasteiger charge is -2.12. The zero-order valence-corrected chi connectivity index (χ0v) is 9.73. The molecular formula is C12H16N4O. The average molecular weight is 232 g/mol. The highest BCUT2D eigenvalue weighted by molar-refractivity contribution is 5.72. The predicted molar refractivity (Wildman–Crippen MR) is 67.9 cm³/mol. The van der Waals surface area contributed by atoms with Gasteiger partial charge in [-0.3, -0.25) is 5.10 Å². The van der Waals surface area contributed by atoms with Crippen molar-refractivity contribution in [2.75, 3.05) is 17.7 Å². The van der Waals surface area contributed by atoms with Crippen LogP contribution in [-0.4, -0.2) is 16.8 Å². The van der Waals surface area contributed by atoms with Crippen LogP contribution < -0.4 is 15.8 Å². The van der Waals surface area contributed by atoms with Crippen molar-refractivity contribution in [2.45, 2.75) is 13.5 Å². The van der Waals surface area contributed by atoms with Crippen LogP contribution in [0.25, 0.3) is 0 Å². The number of benzene rings is 1. The Balaban J connectivity index is 2.07. The number of nitrogens with two attached hydrogens (primary N) is 1. The molecule has 0 aliphatic rings. The summed E-state index contributed by atoms with van der Waals surface area (Å²) in [4.78, 5) is 0. The second-order valence-corrected chi connectivity index (χ2v) is 3.61. The number of anilines is 2. The number of ether oxygens (including phenoxy) is 1. The van der Waals surface area contributed by atoms with Gasteiger partial charge in [-0.25, -0.2) is 0 Å². The molecule has 0 saturated heterocycles. The molecule has 0 fully saturated rings. The molecule has 90 valence electrons. The van der Waals surface area contributed by atoms with Gasteiger partial charge in [0.2, 0.25) is 0 Å². The SMILES string of the molecule is CCOc1cccc(NCc2cn[nH]c2)c1N. The first kappa shape index (κ1) is 11.3. The van der Waals surface area contributed by atoms with Crippen LogP contribution in [0.4, 0.5) is 11.4 Å². The topological polar surface area (TPSA) is 76.0 Å². The highest BCUT2D eigenvalue weighted by Gasteiger charge is 2.05. The number of aromatic nitrogens is 2. The fourth-order valence-electron chi connectivity index (χ4n) is 1.55. The molecule has 1 heterocycles. The van der Waals surface area contributed by atoms with Gasteiger partial charge in [-0.05, 0) is 19.1 Å². The first-order chi connectivity index (χ1) is 8.31. The maximum Gasteiger partial charge on any atom is 0.144 e. The number of nitrogens with one attached hydrogen (secondary N) is 2. The van der Waals surface area contributed by atoms with Gasteiger partial charge in [0.25, 0.3) is 0 Å². The molecule has 5 heteroatoms. The van der Waals surface area contributed by atoms with E-state index in [1.54, 1.807) is 6.20 Å². The first-order valence-electron chi connectivity index (χ1n) is 5.54. The van der Waals surface area contributed by atoms with Gasteiger partial charge >= 0.3 is 0 Å². The van der Waals surface area contributed by atoms with Gasteiger partial charge in [-0.2, -0.15) is 5.10 Å². The lowest BCUT2D eigenvalue weighted by molar-refractivity contribution is 0.342. The van der Waals surface area contributed by atoms with Crippen LogP contribution in [-0.2, 0) is 6.54 Å². The maximum absolute atomic E-state index is 6.00. The highest BCUT2D eigenvalue weighted by Crippen LogP contribution is 2.29. The molecule has 1 aromatic heterocycles. The fraction of sp³-hybridized carbons (Fsp3) is 0.250. The summed E-state index contributed by atoms with van der Waals surface area (Å²) < 4.78 is 5.43. The standard InChI is InChI=1S/C12H16N4O/c1-2-17-11-5-3-4-10(12(11)13)14-6-9-7-15-16-8-9/h3-5,7-8,14H,2,6,13H2,1H3,(H,15,16). The lowest BCUT2D eigenvalue weighted by Crippen LogP contribution is -2.04. The Kier molecular flexibility index (Phi) is 3.49. The number of aromatic amines is 1. The molecule has 17 heavy (non-hydrogen) atoms. The molecule has 0 aliphatic carbocycles. The van der Waals surface area contributed by atoms with Crippen molar-refractivity contribution in [2.24, 2.45) is 0 Å². The van der Waals surface area contributed by atoms with Crippen LogP contribution in [0.5, 0.6) is 5.75 Å². The summed E-state index contributed by atoms with van der Waals surface area (Å²) >= 11 is 0. The van der Waals surface area contributed by atoms with E-state index in [-0.39, 0.29) is 0 Å². The van der Waals surface area contributed by atoms with Crippen molar-refractivity contribution in [3.8, 4) is 5.75 Å². The molecule has 0 saturated carbocycles. The first-order valence-corrected chi connectivity index (χ1v) is 5.54. The van der Waals surface area contributed by atoms with Crippen LogP contribution in [0.1, 0.15) is 12.5 Å². The van der Waals surface area contributed by atoms with Crippen LogP contribution >= 0.6 is 0 Å². The van der Waals surface area contributed by atoms with E-state index in [0.717, 1.165) is 11.3 Å². The van der Waals surface area contributed by atoms with Crippen molar-refractivity contribution < 1.29 is 4.74 Å². The number of nitrogens with zero attached hydrogens (tertiary/aromatic N) is 1. The lowest BCUT2D eigenvalue weighted by atomic mass is 10.2. The van der Waals surface area contributed by atoms with Crippen molar-refractivity contribution in [3.05, 3.63) is 36.2 Å². The summed E-state index contributed by atoms with van der Waals surface area (Å²) in [6.07, 6.45) is 3.62. The molecule has 0 bridgehead atoms. The summed E-state index contributed by atoms with van der Waals surface area (Å²) in [5, 5.41) is 9.90. The molecule has 0 unspecified atom stereocenters. The minimum atomic E-state index is 0.607. The second-order valence-electron chi connectivity index (χ2n) is 3.61. The number of nitrogen functional groups attached to an aromatic ring is 1. The zero-order chi connectivity index (χ0) is 12.1. The molecule has 0 atom stereocenters. The summed E-state index contributed by atoms with van der Waals surface area (Å²) in [5.74, 6) is 0.713. The average Bonchev–Trinajstić information content (AvgIpc) is 2.83. The summed E-state index contributed by atoms with van der Waals surface area (Å²) in [5.41, 5.74) is 8.58.